The van der Waals surface area contributed by atoms with Crippen molar-refractivity contribution in [1.82, 2.24) is 4.98 Å². The van der Waals surface area contributed by atoms with Gasteiger partial charge < -0.3 is 11.1 Å². The fraction of sp³-hybridized carbons (Fsp3) is 0.143. The lowest BCUT2D eigenvalue weighted by Gasteiger charge is -2.12. The molecular weight excluding hydrogens is 245 g/mol. The van der Waals surface area contributed by atoms with E-state index in [-0.39, 0.29) is 5.69 Å². The van der Waals surface area contributed by atoms with Crippen LogP contribution in [0.5, 0.6) is 0 Å². The number of nitrogens with two attached hydrogens (primary N) is 1. The highest BCUT2D eigenvalue weighted by atomic mass is 19.1. The SMILES string of the molecule is N[C@@H](Cc1ccccc1)C(=O)Nc1ccncc1F. The highest BCUT2D eigenvalue weighted by Gasteiger charge is 2.15. The predicted molar refractivity (Wildman–Crippen MR) is 70.9 cm³/mol. The van der Waals surface area contributed by atoms with E-state index in [1.807, 2.05) is 30.3 Å². The van der Waals surface area contributed by atoms with Crippen molar-refractivity contribution in [2.24, 2.45) is 5.73 Å². The number of benzene rings is 1. The van der Waals surface area contributed by atoms with Crippen LogP contribution in [0.4, 0.5) is 10.1 Å². The van der Waals surface area contributed by atoms with Crippen molar-refractivity contribution in [2.75, 3.05) is 5.32 Å². The van der Waals surface area contributed by atoms with Crippen LogP contribution in [0.3, 0.4) is 0 Å². The van der Waals surface area contributed by atoms with Crippen LogP contribution in [0.15, 0.2) is 48.8 Å². The van der Waals surface area contributed by atoms with Crippen LogP contribution < -0.4 is 11.1 Å². The minimum atomic E-state index is -0.727. The minimum absolute atomic E-state index is 0.0866. The van der Waals surface area contributed by atoms with Crippen LogP contribution in [0.25, 0.3) is 0 Å². The Labute approximate surface area is 110 Å². The zero-order chi connectivity index (χ0) is 13.7. The molecule has 0 aliphatic carbocycles. The number of carbonyl (C=O) groups is 1. The van der Waals surface area contributed by atoms with Crippen molar-refractivity contribution < 1.29 is 9.18 Å². The summed E-state index contributed by atoms with van der Waals surface area (Å²) in [7, 11) is 0. The van der Waals surface area contributed by atoms with Gasteiger partial charge in [0.15, 0.2) is 5.82 Å². The molecule has 19 heavy (non-hydrogen) atoms. The molecule has 1 aromatic heterocycles. The van der Waals surface area contributed by atoms with E-state index in [1.165, 1.54) is 12.3 Å². The molecule has 0 aliphatic rings. The second-order valence-corrected chi connectivity index (χ2v) is 4.14. The fourth-order valence-corrected chi connectivity index (χ4v) is 1.66. The molecule has 1 amide bonds. The average Bonchev–Trinajstić information content (AvgIpc) is 2.42. The van der Waals surface area contributed by atoms with Gasteiger partial charge in [-0.2, -0.15) is 0 Å². The molecule has 1 heterocycles. The van der Waals surface area contributed by atoms with E-state index in [0.29, 0.717) is 6.42 Å². The highest BCUT2D eigenvalue weighted by Crippen LogP contribution is 2.11. The molecule has 0 fully saturated rings. The molecule has 0 bridgehead atoms. The molecule has 5 heteroatoms. The Morgan fingerprint density at radius 1 is 1.32 bits per heavy atom. The van der Waals surface area contributed by atoms with Gasteiger partial charge in [0.1, 0.15) is 0 Å². The summed E-state index contributed by atoms with van der Waals surface area (Å²) in [5.41, 5.74) is 6.84. The maximum Gasteiger partial charge on any atom is 0.241 e. The standard InChI is InChI=1S/C14H14FN3O/c15-11-9-17-7-6-13(11)18-14(19)12(16)8-10-4-2-1-3-5-10/h1-7,9,12H,8,16H2,(H,17,18,19)/t12-/m0/s1. The van der Waals surface area contributed by atoms with Gasteiger partial charge in [0.05, 0.1) is 17.9 Å². The Morgan fingerprint density at radius 2 is 2.05 bits per heavy atom. The molecule has 98 valence electrons. The maximum atomic E-state index is 13.3. The number of aromatic nitrogens is 1. The number of anilines is 1. The van der Waals surface area contributed by atoms with Gasteiger partial charge in [0, 0.05) is 6.20 Å². The van der Waals surface area contributed by atoms with Crippen molar-refractivity contribution in [3.05, 3.63) is 60.2 Å². The summed E-state index contributed by atoms with van der Waals surface area (Å²) in [6.45, 7) is 0. The Kier molecular flexibility index (Phi) is 4.20. The third kappa shape index (κ3) is 3.59. The van der Waals surface area contributed by atoms with Crippen LogP contribution in [-0.4, -0.2) is 16.9 Å². The molecule has 0 aliphatic heterocycles. The molecule has 1 atom stereocenters. The molecule has 0 unspecified atom stereocenters. The molecule has 4 nitrogen and oxygen atoms in total. The molecule has 2 aromatic rings. The lowest BCUT2D eigenvalue weighted by Crippen LogP contribution is -2.37. The second-order valence-electron chi connectivity index (χ2n) is 4.14. The Morgan fingerprint density at radius 3 is 2.74 bits per heavy atom. The quantitative estimate of drug-likeness (QED) is 0.878. The zero-order valence-electron chi connectivity index (χ0n) is 10.2. The van der Waals surface area contributed by atoms with Gasteiger partial charge in [0.25, 0.3) is 0 Å². The van der Waals surface area contributed by atoms with Crippen LogP contribution in [-0.2, 0) is 11.2 Å². The molecule has 0 saturated heterocycles. The van der Waals surface area contributed by atoms with Crippen LogP contribution in [0.1, 0.15) is 5.56 Å². The van der Waals surface area contributed by atoms with E-state index < -0.39 is 17.8 Å². The number of hydrogen-bond donors (Lipinski definition) is 2. The molecule has 0 spiro atoms. The molecule has 0 saturated carbocycles. The summed E-state index contributed by atoms with van der Waals surface area (Å²) in [5.74, 6) is -1.00. The lowest BCUT2D eigenvalue weighted by molar-refractivity contribution is -0.117. The summed E-state index contributed by atoms with van der Waals surface area (Å²) in [6, 6.07) is 10.1. The first kappa shape index (κ1) is 13.2. The number of nitrogens with zero attached hydrogens (tertiary/aromatic N) is 1. The number of pyridine rings is 1. The molecule has 3 N–H and O–H groups in total. The molecule has 2 rings (SSSR count). The summed E-state index contributed by atoms with van der Waals surface area (Å²) in [5, 5.41) is 2.45. The topological polar surface area (TPSA) is 68.0 Å². The van der Waals surface area contributed by atoms with E-state index in [1.54, 1.807) is 0 Å². The summed E-state index contributed by atoms with van der Waals surface area (Å²) < 4.78 is 13.3. The van der Waals surface area contributed by atoms with E-state index in [9.17, 15) is 9.18 Å². The predicted octanol–water partition coefficient (Wildman–Crippen LogP) is 1.73. The number of rotatable bonds is 4. The van der Waals surface area contributed by atoms with Gasteiger partial charge >= 0.3 is 0 Å². The largest absolute Gasteiger partial charge is 0.322 e. The molecule has 0 radical (unpaired) electrons. The smallest absolute Gasteiger partial charge is 0.241 e. The van der Waals surface area contributed by atoms with Crippen molar-refractivity contribution in [3.8, 4) is 0 Å². The second kappa shape index (κ2) is 6.06. The fourth-order valence-electron chi connectivity index (χ4n) is 1.66. The van der Waals surface area contributed by atoms with Crippen molar-refractivity contribution >= 4 is 11.6 Å². The van der Waals surface area contributed by atoms with Gasteiger partial charge in [-0.3, -0.25) is 9.78 Å². The van der Waals surface area contributed by atoms with Gasteiger partial charge in [-0.05, 0) is 18.1 Å². The highest BCUT2D eigenvalue weighted by molar-refractivity contribution is 5.94. The first-order valence-electron chi connectivity index (χ1n) is 5.86. The van der Waals surface area contributed by atoms with E-state index in [4.69, 9.17) is 5.73 Å². The lowest BCUT2D eigenvalue weighted by atomic mass is 10.1. The first-order chi connectivity index (χ1) is 9.16. The van der Waals surface area contributed by atoms with E-state index >= 15 is 0 Å². The number of amides is 1. The van der Waals surface area contributed by atoms with Gasteiger partial charge in [0.2, 0.25) is 5.91 Å². The normalized spacial score (nSPS) is 11.9. The van der Waals surface area contributed by atoms with Crippen molar-refractivity contribution in [1.29, 1.82) is 0 Å². The van der Waals surface area contributed by atoms with Crippen molar-refractivity contribution in [3.63, 3.8) is 0 Å². The maximum absolute atomic E-state index is 13.3. The van der Waals surface area contributed by atoms with Gasteiger partial charge in [-0.15, -0.1) is 0 Å². The molecule has 1 aromatic carbocycles. The van der Waals surface area contributed by atoms with E-state index in [2.05, 4.69) is 10.3 Å². The zero-order valence-corrected chi connectivity index (χ0v) is 10.2. The Bertz CT molecular complexity index is 560. The third-order valence-electron chi connectivity index (χ3n) is 2.67. The van der Waals surface area contributed by atoms with Crippen LogP contribution in [0, 0.1) is 5.82 Å². The summed E-state index contributed by atoms with van der Waals surface area (Å²) in [4.78, 5) is 15.5. The number of carbonyl (C=O) groups excluding carboxylic acids is 1. The minimum Gasteiger partial charge on any atom is -0.322 e. The van der Waals surface area contributed by atoms with Crippen molar-refractivity contribution in [2.45, 2.75) is 12.5 Å². The number of nitrogens with one attached hydrogen (secondary N) is 1. The number of hydrogen-bond acceptors (Lipinski definition) is 3. The Balaban J connectivity index is 1.99. The van der Waals surface area contributed by atoms with Crippen LogP contribution >= 0.6 is 0 Å². The third-order valence-corrected chi connectivity index (χ3v) is 2.67. The Hall–Kier alpha value is -2.27. The van der Waals surface area contributed by atoms with Crippen LogP contribution in [0.2, 0.25) is 0 Å². The summed E-state index contributed by atoms with van der Waals surface area (Å²) >= 11 is 0. The monoisotopic (exact) mass is 259 g/mol. The molecular formula is C14H14FN3O. The first-order valence-corrected chi connectivity index (χ1v) is 5.86. The average molecular weight is 259 g/mol. The van der Waals surface area contributed by atoms with Gasteiger partial charge in [-0.1, -0.05) is 30.3 Å². The summed E-state index contributed by atoms with van der Waals surface area (Å²) in [6.07, 6.45) is 2.85. The van der Waals surface area contributed by atoms with Gasteiger partial charge in [-0.25, -0.2) is 4.39 Å². The number of halogens is 1. The van der Waals surface area contributed by atoms with E-state index in [0.717, 1.165) is 11.8 Å².